The largest absolute Gasteiger partial charge is 0.508 e. The fraction of sp³-hybridized carbons (Fsp3) is 0.560. The molecule has 12 heteroatoms. The summed E-state index contributed by atoms with van der Waals surface area (Å²) in [6.07, 6.45) is -0.764. The predicted molar refractivity (Wildman–Crippen MR) is 134 cm³/mol. The molecule has 0 fully saturated rings. The molecule has 1 aromatic carbocycles. The lowest BCUT2D eigenvalue weighted by molar-refractivity contribution is -0.144. The molecule has 0 aliphatic rings. The van der Waals surface area contributed by atoms with E-state index in [2.05, 4.69) is 15.4 Å². The van der Waals surface area contributed by atoms with Crippen molar-refractivity contribution in [1.82, 2.24) is 15.5 Å². The van der Waals surface area contributed by atoms with E-state index in [-0.39, 0.29) is 25.1 Å². The molecule has 1 aromatic rings. The molecule has 0 heterocycles. The Labute approximate surface area is 216 Å². The molecular formula is C25H38N4O8. The highest BCUT2D eigenvalue weighted by molar-refractivity contribution is 5.93. The molecule has 0 bridgehead atoms. The minimum atomic E-state index is -1.23. The first-order valence-corrected chi connectivity index (χ1v) is 11.9. The minimum Gasteiger partial charge on any atom is -0.508 e. The number of esters is 1. The highest BCUT2D eigenvalue weighted by Gasteiger charge is 2.36. The molecule has 0 aromatic heterocycles. The fourth-order valence-corrected chi connectivity index (χ4v) is 3.45. The van der Waals surface area contributed by atoms with Crippen LogP contribution in [0.3, 0.4) is 0 Å². The second-order valence-electron chi connectivity index (χ2n) is 9.48. The van der Waals surface area contributed by atoms with Crippen LogP contribution in [0.5, 0.6) is 5.75 Å². The number of benzene rings is 1. The van der Waals surface area contributed by atoms with Crippen LogP contribution >= 0.6 is 0 Å². The van der Waals surface area contributed by atoms with Crippen LogP contribution in [-0.2, 0) is 28.7 Å². The van der Waals surface area contributed by atoms with Gasteiger partial charge in [-0.05, 0) is 63.8 Å². The summed E-state index contributed by atoms with van der Waals surface area (Å²) >= 11 is 0. The van der Waals surface area contributed by atoms with Crippen molar-refractivity contribution in [1.29, 1.82) is 0 Å². The van der Waals surface area contributed by atoms with Crippen LogP contribution in [0.1, 0.15) is 64.1 Å². The number of nitrogens with one attached hydrogen (secondary N) is 2. The average Bonchev–Trinajstić information content (AvgIpc) is 2.80. The van der Waals surface area contributed by atoms with E-state index in [1.165, 1.54) is 24.1 Å². The summed E-state index contributed by atoms with van der Waals surface area (Å²) < 4.78 is 9.85. The molecule has 37 heavy (non-hydrogen) atoms. The fourth-order valence-electron chi connectivity index (χ4n) is 3.45. The van der Waals surface area contributed by atoms with Crippen molar-refractivity contribution in [2.24, 2.45) is 5.73 Å². The topological polar surface area (TPSA) is 177 Å². The zero-order valence-electron chi connectivity index (χ0n) is 22.3. The number of carbonyl (C=O) groups is 5. The summed E-state index contributed by atoms with van der Waals surface area (Å²) in [6, 6.07) is 1.97. The van der Waals surface area contributed by atoms with Crippen LogP contribution in [0.2, 0.25) is 0 Å². The molecular weight excluding hydrogens is 484 g/mol. The van der Waals surface area contributed by atoms with Crippen molar-refractivity contribution < 1.29 is 38.6 Å². The van der Waals surface area contributed by atoms with E-state index in [9.17, 15) is 29.1 Å². The van der Waals surface area contributed by atoms with Gasteiger partial charge in [0.15, 0.2) is 0 Å². The summed E-state index contributed by atoms with van der Waals surface area (Å²) in [5, 5.41) is 14.9. The van der Waals surface area contributed by atoms with Crippen molar-refractivity contribution in [3.05, 3.63) is 29.3 Å². The first kappa shape index (κ1) is 31.2. The lowest BCUT2D eigenvalue weighted by Crippen LogP contribution is -2.53. The second kappa shape index (κ2) is 14.0. The zero-order valence-corrected chi connectivity index (χ0v) is 22.3. The summed E-state index contributed by atoms with van der Waals surface area (Å²) in [6.45, 7) is 8.07. The summed E-state index contributed by atoms with van der Waals surface area (Å²) in [4.78, 5) is 64.0. The SMILES string of the molecule is CCCN(C(=O)C(CCC(N)=O)NC(=O)OC(C)(C)C)C(C(=O)NCC(=O)OC)c1ccc(O)c(C)c1. The van der Waals surface area contributed by atoms with Crippen molar-refractivity contribution in [2.75, 3.05) is 20.2 Å². The third kappa shape index (κ3) is 10.4. The van der Waals surface area contributed by atoms with Gasteiger partial charge in [-0.15, -0.1) is 0 Å². The van der Waals surface area contributed by atoms with Crippen molar-refractivity contribution in [2.45, 2.75) is 71.6 Å². The Bertz CT molecular complexity index is 989. The minimum absolute atomic E-state index is 0.00300. The number of primary amides is 1. The number of ether oxygens (including phenoxy) is 2. The Morgan fingerprint density at radius 3 is 2.32 bits per heavy atom. The molecule has 2 unspecified atom stereocenters. The predicted octanol–water partition coefficient (Wildman–Crippen LogP) is 1.43. The van der Waals surface area contributed by atoms with Crippen LogP contribution in [-0.4, -0.2) is 71.6 Å². The van der Waals surface area contributed by atoms with Gasteiger partial charge in [-0.1, -0.05) is 13.0 Å². The quantitative estimate of drug-likeness (QED) is 0.298. The van der Waals surface area contributed by atoms with Crippen LogP contribution in [0.15, 0.2) is 18.2 Å². The van der Waals surface area contributed by atoms with Gasteiger partial charge in [0, 0.05) is 13.0 Å². The molecule has 4 amide bonds. The standard InChI is InChI=1S/C25H38N4O8/c1-7-12-29(23(34)17(9-11-19(26)31)28-24(35)37-25(3,4)5)21(22(33)27-14-20(32)36-6)16-8-10-18(30)15(2)13-16/h8,10,13,17,21,30H,7,9,11-12,14H2,1-6H3,(H2,26,31)(H,27,33)(H,28,35). The lowest BCUT2D eigenvalue weighted by atomic mass is 9.99. The molecule has 206 valence electrons. The molecule has 2 atom stereocenters. The Balaban J connectivity index is 3.48. The molecule has 0 spiro atoms. The third-order valence-electron chi connectivity index (χ3n) is 5.15. The van der Waals surface area contributed by atoms with Gasteiger partial charge in [0.25, 0.3) is 0 Å². The van der Waals surface area contributed by atoms with E-state index >= 15 is 0 Å². The number of methoxy groups -OCH3 is 1. The third-order valence-corrected chi connectivity index (χ3v) is 5.15. The van der Waals surface area contributed by atoms with E-state index in [4.69, 9.17) is 10.5 Å². The Hall–Kier alpha value is -3.83. The Morgan fingerprint density at radius 2 is 1.81 bits per heavy atom. The maximum atomic E-state index is 13.8. The van der Waals surface area contributed by atoms with Gasteiger partial charge >= 0.3 is 12.1 Å². The van der Waals surface area contributed by atoms with Crippen molar-refractivity contribution >= 4 is 29.8 Å². The van der Waals surface area contributed by atoms with Gasteiger partial charge in [-0.25, -0.2) is 4.79 Å². The van der Waals surface area contributed by atoms with E-state index < -0.39 is 54.0 Å². The molecule has 12 nitrogen and oxygen atoms in total. The highest BCUT2D eigenvalue weighted by Crippen LogP contribution is 2.27. The lowest BCUT2D eigenvalue weighted by Gasteiger charge is -2.34. The highest BCUT2D eigenvalue weighted by atomic mass is 16.6. The van der Waals surface area contributed by atoms with E-state index in [1.807, 2.05) is 0 Å². The van der Waals surface area contributed by atoms with Gasteiger partial charge < -0.3 is 35.8 Å². The van der Waals surface area contributed by atoms with Gasteiger partial charge in [0.05, 0.1) is 7.11 Å². The number of alkyl carbamates (subject to hydrolysis) is 1. The zero-order chi connectivity index (χ0) is 28.3. The van der Waals surface area contributed by atoms with Gasteiger partial charge in [0.2, 0.25) is 17.7 Å². The van der Waals surface area contributed by atoms with E-state index in [1.54, 1.807) is 40.7 Å². The first-order valence-electron chi connectivity index (χ1n) is 11.9. The maximum Gasteiger partial charge on any atom is 0.408 e. The first-order chi connectivity index (χ1) is 17.2. The van der Waals surface area contributed by atoms with Crippen LogP contribution in [0, 0.1) is 6.92 Å². The molecule has 0 saturated heterocycles. The number of hydrogen-bond acceptors (Lipinski definition) is 8. The number of aromatic hydroxyl groups is 1. The Kier molecular flexibility index (Phi) is 11.8. The van der Waals surface area contributed by atoms with Gasteiger partial charge in [-0.3, -0.25) is 19.2 Å². The number of nitrogens with two attached hydrogens (primary N) is 1. The van der Waals surface area contributed by atoms with E-state index in [0.29, 0.717) is 17.5 Å². The number of amides is 4. The average molecular weight is 523 g/mol. The number of aryl methyl sites for hydroxylation is 1. The number of hydrogen-bond donors (Lipinski definition) is 4. The Morgan fingerprint density at radius 1 is 1.16 bits per heavy atom. The van der Waals surface area contributed by atoms with Crippen LogP contribution < -0.4 is 16.4 Å². The maximum absolute atomic E-state index is 13.8. The number of rotatable bonds is 12. The van der Waals surface area contributed by atoms with E-state index in [0.717, 1.165) is 0 Å². The van der Waals surface area contributed by atoms with Crippen molar-refractivity contribution in [3.63, 3.8) is 0 Å². The number of phenolic OH excluding ortho intramolecular Hbond substituents is 1. The summed E-state index contributed by atoms with van der Waals surface area (Å²) in [5.74, 6) is -2.70. The number of phenols is 1. The van der Waals surface area contributed by atoms with Gasteiger partial charge in [-0.2, -0.15) is 0 Å². The van der Waals surface area contributed by atoms with Gasteiger partial charge in [0.1, 0.15) is 30.0 Å². The number of nitrogens with zero attached hydrogens (tertiary/aromatic N) is 1. The summed E-state index contributed by atoms with van der Waals surface area (Å²) in [7, 11) is 1.17. The normalized spacial score (nSPS) is 12.6. The molecule has 0 saturated carbocycles. The molecule has 0 aliphatic carbocycles. The molecule has 0 radical (unpaired) electrons. The monoisotopic (exact) mass is 522 g/mol. The van der Waals surface area contributed by atoms with Crippen molar-refractivity contribution in [3.8, 4) is 5.75 Å². The molecule has 1 rings (SSSR count). The summed E-state index contributed by atoms with van der Waals surface area (Å²) in [5.41, 5.74) is 5.27. The smallest absolute Gasteiger partial charge is 0.408 e. The van der Waals surface area contributed by atoms with Crippen LogP contribution in [0.25, 0.3) is 0 Å². The number of carbonyl (C=O) groups excluding carboxylic acids is 5. The second-order valence-corrected chi connectivity index (χ2v) is 9.48. The molecule has 0 aliphatic heterocycles. The molecule has 5 N–H and O–H groups in total. The van der Waals surface area contributed by atoms with Crippen LogP contribution in [0.4, 0.5) is 4.79 Å².